The SMILES string of the molecule is Cc1cnc(COc2ccccc2Cl)n1C(C)C. The molecule has 0 saturated heterocycles. The van der Waals surface area contributed by atoms with Gasteiger partial charge in [-0.05, 0) is 32.9 Å². The maximum atomic E-state index is 6.05. The fourth-order valence-corrected chi connectivity index (χ4v) is 2.20. The summed E-state index contributed by atoms with van der Waals surface area (Å²) >= 11 is 6.05. The molecule has 0 fully saturated rings. The molecule has 0 amide bonds. The number of halogens is 1. The molecule has 0 aliphatic heterocycles. The highest BCUT2D eigenvalue weighted by atomic mass is 35.5. The second-order valence-corrected chi connectivity index (χ2v) is 4.91. The highest BCUT2D eigenvalue weighted by molar-refractivity contribution is 6.32. The van der Waals surface area contributed by atoms with E-state index in [-0.39, 0.29) is 0 Å². The molecule has 18 heavy (non-hydrogen) atoms. The molecular weight excluding hydrogens is 248 g/mol. The van der Waals surface area contributed by atoms with Crippen molar-refractivity contribution in [3.05, 3.63) is 47.0 Å². The van der Waals surface area contributed by atoms with Gasteiger partial charge in [-0.1, -0.05) is 23.7 Å². The van der Waals surface area contributed by atoms with Gasteiger partial charge in [0, 0.05) is 17.9 Å². The molecule has 0 unspecified atom stereocenters. The Balaban J connectivity index is 2.14. The third kappa shape index (κ3) is 2.67. The number of nitrogens with zero attached hydrogens (tertiary/aromatic N) is 2. The van der Waals surface area contributed by atoms with Crippen LogP contribution in [0, 0.1) is 6.92 Å². The number of ether oxygens (including phenoxy) is 1. The van der Waals surface area contributed by atoms with Crippen molar-refractivity contribution in [3.63, 3.8) is 0 Å². The molecule has 0 bridgehead atoms. The van der Waals surface area contributed by atoms with Crippen molar-refractivity contribution in [3.8, 4) is 5.75 Å². The lowest BCUT2D eigenvalue weighted by Gasteiger charge is -2.14. The third-order valence-electron chi connectivity index (χ3n) is 2.77. The number of imidazole rings is 1. The van der Waals surface area contributed by atoms with Crippen LogP contribution in [0.15, 0.2) is 30.5 Å². The summed E-state index contributed by atoms with van der Waals surface area (Å²) in [6.07, 6.45) is 1.87. The third-order valence-corrected chi connectivity index (χ3v) is 3.08. The number of hydrogen-bond acceptors (Lipinski definition) is 2. The first-order valence-corrected chi connectivity index (χ1v) is 6.37. The van der Waals surface area contributed by atoms with Crippen molar-refractivity contribution in [2.45, 2.75) is 33.4 Å². The summed E-state index contributed by atoms with van der Waals surface area (Å²) in [5.74, 6) is 1.61. The average molecular weight is 265 g/mol. The van der Waals surface area contributed by atoms with Crippen LogP contribution in [0.2, 0.25) is 5.02 Å². The van der Waals surface area contributed by atoms with Gasteiger partial charge in [0.05, 0.1) is 5.02 Å². The van der Waals surface area contributed by atoms with E-state index >= 15 is 0 Å². The van der Waals surface area contributed by atoms with Crippen molar-refractivity contribution >= 4 is 11.6 Å². The molecule has 0 aliphatic carbocycles. The molecule has 1 heterocycles. The highest BCUT2D eigenvalue weighted by Crippen LogP contribution is 2.24. The van der Waals surface area contributed by atoms with Gasteiger partial charge in [-0.25, -0.2) is 4.98 Å². The average Bonchev–Trinajstić information content (AvgIpc) is 2.69. The first kappa shape index (κ1) is 13.0. The molecule has 0 N–H and O–H groups in total. The van der Waals surface area contributed by atoms with Gasteiger partial charge in [-0.2, -0.15) is 0 Å². The van der Waals surface area contributed by atoms with Gasteiger partial charge in [-0.15, -0.1) is 0 Å². The number of aromatic nitrogens is 2. The lowest BCUT2D eigenvalue weighted by atomic mass is 10.3. The Morgan fingerprint density at radius 2 is 2.06 bits per heavy atom. The van der Waals surface area contributed by atoms with Crippen molar-refractivity contribution in [2.75, 3.05) is 0 Å². The Morgan fingerprint density at radius 3 is 2.72 bits per heavy atom. The van der Waals surface area contributed by atoms with Crippen LogP contribution >= 0.6 is 11.6 Å². The van der Waals surface area contributed by atoms with Gasteiger partial charge in [0.1, 0.15) is 18.2 Å². The topological polar surface area (TPSA) is 27.1 Å². The van der Waals surface area contributed by atoms with E-state index < -0.39 is 0 Å². The summed E-state index contributed by atoms with van der Waals surface area (Å²) in [5, 5.41) is 0.622. The zero-order valence-electron chi connectivity index (χ0n) is 10.9. The molecule has 2 aromatic rings. The van der Waals surface area contributed by atoms with E-state index in [1.54, 1.807) is 0 Å². The van der Waals surface area contributed by atoms with Crippen LogP contribution in [0.25, 0.3) is 0 Å². The van der Waals surface area contributed by atoms with E-state index in [9.17, 15) is 0 Å². The second-order valence-electron chi connectivity index (χ2n) is 4.50. The fourth-order valence-electron chi connectivity index (χ4n) is 2.01. The first-order chi connectivity index (χ1) is 8.59. The van der Waals surface area contributed by atoms with Crippen LogP contribution in [0.5, 0.6) is 5.75 Å². The van der Waals surface area contributed by atoms with Gasteiger partial charge >= 0.3 is 0 Å². The molecule has 0 saturated carbocycles. The Morgan fingerprint density at radius 1 is 1.33 bits per heavy atom. The molecule has 1 aromatic heterocycles. The minimum Gasteiger partial charge on any atom is -0.484 e. The van der Waals surface area contributed by atoms with Gasteiger partial charge in [0.15, 0.2) is 0 Å². The number of rotatable bonds is 4. The number of benzene rings is 1. The van der Waals surface area contributed by atoms with E-state index in [1.165, 1.54) is 0 Å². The van der Waals surface area contributed by atoms with Crippen molar-refractivity contribution in [1.82, 2.24) is 9.55 Å². The number of hydrogen-bond donors (Lipinski definition) is 0. The Labute approximate surface area is 112 Å². The van der Waals surface area contributed by atoms with E-state index in [0.717, 1.165) is 11.5 Å². The molecule has 0 atom stereocenters. The Bertz CT molecular complexity index is 534. The van der Waals surface area contributed by atoms with Crippen LogP contribution in [0.1, 0.15) is 31.4 Å². The molecule has 96 valence electrons. The smallest absolute Gasteiger partial charge is 0.147 e. The van der Waals surface area contributed by atoms with Gasteiger partial charge < -0.3 is 9.30 Å². The quantitative estimate of drug-likeness (QED) is 0.834. The monoisotopic (exact) mass is 264 g/mol. The van der Waals surface area contributed by atoms with Crippen molar-refractivity contribution < 1.29 is 4.74 Å². The Hall–Kier alpha value is -1.48. The zero-order valence-corrected chi connectivity index (χ0v) is 11.6. The molecular formula is C14H17ClN2O. The molecule has 0 spiro atoms. The molecule has 4 heteroatoms. The first-order valence-electron chi connectivity index (χ1n) is 5.99. The maximum absolute atomic E-state index is 6.05. The zero-order chi connectivity index (χ0) is 13.1. The minimum atomic E-state index is 0.373. The second kappa shape index (κ2) is 5.44. The van der Waals surface area contributed by atoms with Crippen molar-refractivity contribution in [1.29, 1.82) is 0 Å². The van der Waals surface area contributed by atoms with E-state index in [4.69, 9.17) is 16.3 Å². The molecule has 1 aromatic carbocycles. The summed E-state index contributed by atoms with van der Waals surface area (Å²) < 4.78 is 7.88. The van der Waals surface area contributed by atoms with E-state index in [2.05, 4.69) is 23.4 Å². The van der Waals surface area contributed by atoms with Crippen LogP contribution in [-0.4, -0.2) is 9.55 Å². The summed E-state index contributed by atoms with van der Waals surface area (Å²) in [5.41, 5.74) is 1.14. The van der Waals surface area contributed by atoms with Crippen LogP contribution in [-0.2, 0) is 6.61 Å². The summed E-state index contributed by atoms with van der Waals surface area (Å²) in [6.45, 7) is 6.74. The lowest BCUT2D eigenvalue weighted by molar-refractivity contribution is 0.286. The maximum Gasteiger partial charge on any atom is 0.147 e. The molecule has 3 nitrogen and oxygen atoms in total. The largest absolute Gasteiger partial charge is 0.484 e. The molecule has 0 aliphatic rings. The van der Waals surface area contributed by atoms with Crippen LogP contribution in [0.4, 0.5) is 0 Å². The van der Waals surface area contributed by atoms with Crippen LogP contribution < -0.4 is 4.74 Å². The normalized spacial score (nSPS) is 10.9. The number of aryl methyl sites for hydroxylation is 1. The summed E-state index contributed by atoms with van der Waals surface area (Å²) in [6, 6.07) is 7.84. The van der Waals surface area contributed by atoms with Gasteiger partial charge in [0.25, 0.3) is 0 Å². The summed E-state index contributed by atoms with van der Waals surface area (Å²) in [7, 11) is 0. The van der Waals surface area contributed by atoms with E-state index in [0.29, 0.717) is 23.4 Å². The number of para-hydroxylation sites is 1. The molecule has 2 rings (SSSR count). The lowest BCUT2D eigenvalue weighted by Crippen LogP contribution is -2.10. The molecule has 0 radical (unpaired) electrons. The van der Waals surface area contributed by atoms with Gasteiger partial charge in [-0.3, -0.25) is 0 Å². The van der Waals surface area contributed by atoms with E-state index in [1.807, 2.05) is 37.4 Å². The predicted molar refractivity (Wildman–Crippen MR) is 73.1 cm³/mol. The standard InChI is InChI=1S/C14H17ClN2O/c1-10(2)17-11(3)8-16-14(17)9-18-13-7-5-4-6-12(13)15/h4-8,10H,9H2,1-3H3. The predicted octanol–water partition coefficient (Wildman–Crippen LogP) is 4.00. The fraction of sp³-hybridized carbons (Fsp3) is 0.357. The van der Waals surface area contributed by atoms with Crippen LogP contribution in [0.3, 0.4) is 0 Å². The Kier molecular flexibility index (Phi) is 3.92. The van der Waals surface area contributed by atoms with Gasteiger partial charge in [0.2, 0.25) is 0 Å². The van der Waals surface area contributed by atoms with Crippen molar-refractivity contribution in [2.24, 2.45) is 0 Å². The summed E-state index contributed by atoms with van der Waals surface area (Å²) in [4.78, 5) is 4.38. The minimum absolute atomic E-state index is 0.373. The highest BCUT2D eigenvalue weighted by Gasteiger charge is 2.11.